The normalized spacial score (nSPS) is 12.2. The van der Waals surface area contributed by atoms with Gasteiger partial charge in [-0.15, -0.1) is 0 Å². The maximum Gasteiger partial charge on any atom is 0.418 e. The van der Waals surface area contributed by atoms with Crippen LogP contribution in [0.3, 0.4) is 0 Å². The number of sulfone groups is 1. The van der Waals surface area contributed by atoms with Crippen molar-refractivity contribution in [3.63, 3.8) is 0 Å². The molecule has 2 rings (SSSR count). The molecule has 0 aliphatic heterocycles. The predicted octanol–water partition coefficient (Wildman–Crippen LogP) is 3.76. The second kappa shape index (κ2) is 7.63. The van der Waals surface area contributed by atoms with Crippen LogP contribution in [0.2, 0.25) is 0 Å². The number of pyridine rings is 1. The van der Waals surface area contributed by atoms with Crippen molar-refractivity contribution in [2.45, 2.75) is 11.1 Å². The minimum Gasteiger partial charge on any atom is -0.490 e. The summed E-state index contributed by atoms with van der Waals surface area (Å²) in [5, 5.41) is 0. The van der Waals surface area contributed by atoms with E-state index >= 15 is 0 Å². The third-order valence-corrected chi connectivity index (χ3v) is 4.61. The quantitative estimate of drug-likeness (QED) is 0.595. The van der Waals surface area contributed by atoms with Crippen LogP contribution in [0, 0.1) is 0 Å². The van der Waals surface area contributed by atoms with Crippen LogP contribution < -0.4 is 4.74 Å². The zero-order valence-corrected chi connectivity index (χ0v) is 14.6. The molecule has 1 N–H and O–H groups in total. The molecule has 1 aromatic carbocycles. The summed E-state index contributed by atoms with van der Waals surface area (Å²) < 4.78 is 76.0. The van der Waals surface area contributed by atoms with Crippen LogP contribution >= 0.6 is 12.0 Å². The molecule has 0 bridgehead atoms. The van der Waals surface area contributed by atoms with Gasteiger partial charge in [0, 0.05) is 18.0 Å². The van der Waals surface area contributed by atoms with Crippen LogP contribution in [0.1, 0.15) is 5.56 Å². The molecule has 0 aliphatic carbocycles. The van der Waals surface area contributed by atoms with E-state index in [4.69, 9.17) is 9.29 Å². The van der Waals surface area contributed by atoms with Gasteiger partial charge in [0.25, 0.3) is 0 Å². The van der Waals surface area contributed by atoms with E-state index in [2.05, 4.69) is 4.98 Å². The summed E-state index contributed by atoms with van der Waals surface area (Å²) in [5.41, 5.74) is -0.591. The molecule has 0 radical (unpaired) electrons. The topological polar surface area (TPSA) is 76.5 Å². The molecule has 25 heavy (non-hydrogen) atoms. The molecule has 0 atom stereocenters. The van der Waals surface area contributed by atoms with E-state index in [1.165, 1.54) is 24.3 Å². The van der Waals surface area contributed by atoms with E-state index in [-0.39, 0.29) is 28.7 Å². The Labute approximate surface area is 147 Å². The van der Waals surface area contributed by atoms with Crippen LogP contribution in [-0.2, 0) is 16.0 Å². The number of aromatic nitrogens is 1. The summed E-state index contributed by atoms with van der Waals surface area (Å²) in [4.78, 5) is 3.83. The van der Waals surface area contributed by atoms with E-state index < -0.39 is 21.6 Å². The Morgan fingerprint density at radius 1 is 1.28 bits per heavy atom. The summed E-state index contributed by atoms with van der Waals surface area (Å²) in [6.45, 7) is -0.0388. The summed E-state index contributed by atoms with van der Waals surface area (Å²) in [6, 6.07) is 6.50. The molecule has 0 amide bonds. The lowest BCUT2D eigenvalue weighted by Crippen LogP contribution is -2.09. The van der Waals surface area contributed by atoms with Gasteiger partial charge in [-0.25, -0.2) is 8.42 Å². The standard InChI is InChI=1S/C15H14F3NO4S2/c1-25(21,22)12-4-2-3-10(7-12)14-13(23-5-6-24-20)8-11(9-19-14)15(16,17)18/h2-4,7-9,20H,5-6H2,1H3. The molecule has 0 saturated heterocycles. The Hall–Kier alpha value is -1.78. The number of halogens is 3. The molecule has 0 spiro atoms. The lowest BCUT2D eigenvalue weighted by molar-refractivity contribution is -0.137. The largest absolute Gasteiger partial charge is 0.490 e. The minimum absolute atomic E-state index is 0.0172. The zero-order valence-electron chi connectivity index (χ0n) is 12.9. The Balaban J connectivity index is 2.52. The summed E-state index contributed by atoms with van der Waals surface area (Å²) in [7, 11) is -3.48. The summed E-state index contributed by atoms with van der Waals surface area (Å²) in [6.07, 6.45) is -2.90. The third-order valence-electron chi connectivity index (χ3n) is 3.15. The molecule has 0 aliphatic rings. The Kier molecular flexibility index (Phi) is 5.96. The molecule has 1 aromatic heterocycles. The van der Waals surface area contributed by atoms with E-state index in [1.54, 1.807) is 0 Å². The fourth-order valence-corrected chi connectivity index (χ4v) is 2.81. The van der Waals surface area contributed by atoms with E-state index in [1.807, 2.05) is 0 Å². The molecule has 0 fully saturated rings. The maximum absolute atomic E-state index is 12.9. The molecule has 5 nitrogen and oxygen atoms in total. The number of nitrogens with zero attached hydrogens (tertiary/aromatic N) is 1. The van der Waals surface area contributed by atoms with Gasteiger partial charge in [0.2, 0.25) is 0 Å². The predicted molar refractivity (Wildman–Crippen MR) is 88.4 cm³/mol. The van der Waals surface area contributed by atoms with Crippen LogP contribution in [0.15, 0.2) is 41.4 Å². The van der Waals surface area contributed by atoms with E-state index in [0.29, 0.717) is 23.8 Å². The maximum atomic E-state index is 12.9. The number of alkyl halides is 3. The van der Waals surface area contributed by atoms with Crippen LogP contribution in [-0.4, -0.2) is 36.6 Å². The van der Waals surface area contributed by atoms with E-state index in [9.17, 15) is 21.6 Å². The molecule has 2 aromatic rings. The van der Waals surface area contributed by atoms with Crippen molar-refractivity contribution < 1.29 is 30.9 Å². The molecule has 0 saturated carbocycles. The highest BCUT2D eigenvalue weighted by Crippen LogP contribution is 2.36. The first-order valence-electron chi connectivity index (χ1n) is 6.90. The molecule has 1 heterocycles. The molecule has 0 unspecified atom stereocenters. The fourth-order valence-electron chi connectivity index (χ4n) is 1.99. The van der Waals surface area contributed by atoms with E-state index in [0.717, 1.165) is 12.3 Å². The van der Waals surface area contributed by atoms with Crippen molar-refractivity contribution in [3.8, 4) is 17.0 Å². The number of hydrogen-bond acceptors (Lipinski definition) is 6. The first kappa shape index (κ1) is 19.5. The monoisotopic (exact) mass is 393 g/mol. The molecule has 10 heteroatoms. The second-order valence-electron chi connectivity index (χ2n) is 5.05. The number of ether oxygens (including phenoxy) is 1. The van der Waals surface area contributed by atoms with Gasteiger partial charge in [-0.2, -0.15) is 13.2 Å². The third kappa shape index (κ3) is 5.10. The van der Waals surface area contributed by atoms with Crippen LogP contribution in [0.25, 0.3) is 11.3 Å². The van der Waals surface area contributed by atoms with Crippen molar-refractivity contribution in [1.82, 2.24) is 4.98 Å². The Morgan fingerprint density at radius 2 is 2.00 bits per heavy atom. The summed E-state index contributed by atoms with van der Waals surface area (Å²) >= 11 is 0.491. The van der Waals surface area contributed by atoms with Crippen molar-refractivity contribution in [1.29, 1.82) is 0 Å². The van der Waals surface area contributed by atoms with Gasteiger partial charge in [0.05, 0.1) is 22.8 Å². The molecular weight excluding hydrogens is 379 g/mol. The van der Waals surface area contributed by atoms with Crippen molar-refractivity contribution in [2.75, 3.05) is 18.6 Å². The van der Waals surface area contributed by atoms with Gasteiger partial charge in [0.1, 0.15) is 11.4 Å². The average molecular weight is 393 g/mol. The van der Waals surface area contributed by atoms with Gasteiger partial charge in [-0.1, -0.05) is 12.1 Å². The lowest BCUT2D eigenvalue weighted by atomic mass is 10.1. The van der Waals surface area contributed by atoms with Crippen molar-refractivity contribution in [2.24, 2.45) is 0 Å². The van der Waals surface area contributed by atoms with Gasteiger partial charge in [0.15, 0.2) is 9.84 Å². The highest BCUT2D eigenvalue weighted by molar-refractivity contribution is 7.93. The molecule has 136 valence electrons. The highest BCUT2D eigenvalue weighted by Gasteiger charge is 2.32. The number of hydrogen-bond donors (Lipinski definition) is 1. The van der Waals surface area contributed by atoms with Crippen molar-refractivity contribution >= 4 is 21.9 Å². The Bertz CT molecular complexity index is 854. The SMILES string of the molecule is CS(=O)(=O)c1cccc(-c2ncc(C(F)(F)F)cc2OCCSO)c1. The first-order valence-corrected chi connectivity index (χ1v) is 9.73. The van der Waals surface area contributed by atoms with Crippen LogP contribution in [0.5, 0.6) is 5.75 Å². The van der Waals surface area contributed by atoms with Crippen LogP contribution in [0.4, 0.5) is 13.2 Å². The summed E-state index contributed by atoms with van der Waals surface area (Å²) in [5.74, 6) is 0.00789. The minimum atomic E-state index is -4.59. The number of benzene rings is 1. The van der Waals surface area contributed by atoms with Gasteiger partial charge < -0.3 is 9.29 Å². The first-order chi connectivity index (χ1) is 11.6. The highest BCUT2D eigenvalue weighted by atomic mass is 32.2. The average Bonchev–Trinajstić information content (AvgIpc) is 2.53. The Morgan fingerprint density at radius 3 is 2.60 bits per heavy atom. The smallest absolute Gasteiger partial charge is 0.418 e. The molecular formula is C15H14F3NO4S2. The van der Waals surface area contributed by atoms with Gasteiger partial charge in [-0.05, 0) is 30.2 Å². The van der Waals surface area contributed by atoms with Crippen molar-refractivity contribution in [3.05, 3.63) is 42.1 Å². The van der Waals surface area contributed by atoms with Gasteiger partial charge in [-0.3, -0.25) is 4.98 Å². The lowest BCUT2D eigenvalue weighted by Gasteiger charge is -2.14. The fraction of sp³-hybridized carbons (Fsp3) is 0.267. The van der Waals surface area contributed by atoms with Gasteiger partial charge >= 0.3 is 6.18 Å². The second-order valence-corrected chi connectivity index (χ2v) is 7.73. The zero-order chi connectivity index (χ0) is 18.7. The number of rotatable bonds is 6.